The minimum absolute atomic E-state index is 0.0957. The molecule has 0 bridgehead atoms. The fourth-order valence-electron chi connectivity index (χ4n) is 2.26. The summed E-state index contributed by atoms with van der Waals surface area (Å²) in [7, 11) is 7.60. The molecule has 0 amide bonds. The van der Waals surface area contributed by atoms with Crippen molar-refractivity contribution in [2.24, 2.45) is 0 Å². The Kier molecular flexibility index (Phi) is 4.99. The Morgan fingerprint density at radius 2 is 1.05 bits per heavy atom. The van der Waals surface area contributed by atoms with Gasteiger partial charge in [0.15, 0.2) is 0 Å². The molecule has 0 aromatic heterocycles. The summed E-state index contributed by atoms with van der Waals surface area (Å²) in [6, 6.07) is 4.69. The van der Waals surface area contributed by atoms with Crippen molar-refractivity contribution in [3.05, 3.63) is 28.8 Å². The van der Waals surface area contributed by atoms with Gasteiger partial charge >= 0.3 is 0 Å². The van der Waals surface area contributed by atoms with Crippen molar-refractivity contribution in [3.8, 4) is 0 Å². The molecule has 0 aliphatic rings. The highest BCUT2D eigenvalue weighted by atomic mass is 35.7. The van der Waals surface area contributed by atoms with Gasteiger partial charge in [-0.05, 0) is 54.6 Å². The van der Waals surface area contributed by atoms with E-state index >= 15 is 0 Å². The van der Waals surface area contributed by atoms with Gasteiger partial charge in [0.1, 0.15) is 0 Å². The molecule has 0 N–H and O–H groups in total. The monoisotopic (exact) mass is 312 g/mol. The van der Waals surface area contributed by atoms with E-state index in [-0.39, 0.29) is 16.2 Å². The third kappa shape index (κ3) is 3.95. The van der Waals surface area contributed by atoms with Crippen LogP contribution >= 0.6 is 21.7 Å². The summed E-state index contributed by atoms with van der Waals surface area (Å²) in [5.74, 6) is 0. The van der Waals surface area contributed by atoms with Crippen LogP contribution in [0.1, 0.15) is 79.0 Å². The Morgan fingerprint density at radius 1 is 0.700 bits per heavy atom. The van der Waals surface area contributed by atoms with Gasteiger partial charge in [-0.1, -0.05) is 74.4 Å². The SMILES string of the molecule is CC(C)(C)c1cc(C(C)(C)C)c(SCl)c(C(C)(C)C)c1. The zero-order valence-electron chi connectivity index (χ0n) is 14.4. The van der Waals surface area contributed by atoms with E-state index in [1.54, 1.807) is 0 Å². The fraction of sp³-hybridized carbons (Fsp3) is 0.667. The highest BCUT2D eigenvalue weighted by molar-refractivity contribution is 8.21. The molecule has 0 saturated carbocycles. The van der Waals surface area contributed by atoms with E-state index < -0.39 is 0 Å². The van der Waals surface area contributed by atoms with Crippen molar-refractivity contribution in [2.75, 3.05) is 0 Å². The second kappa shape index (κ2) is 5.57. The highest BCUT2D eigenvalue weighted by Gasteiger charge is 2.28. The van der Waals surface area contributed by atoms with E-state index in [0.29, 0.717) is 0 Å². The van der Waals surface area contributed by atoms with Gasteiger partial charge in [0, 0.05) is 4.90 Å². The first-order valence-electron chi connectivity index (χ1n) is 7.26. The molecular weight excluding hydrogens is 284 g/mol. The zero-order valence-corrected chi connectivity index (χ0v) is 16.0. The summed E-state index contributed by atoms with van der Waals surface area (Å²) in [6.07, 6.45) is 0. The van der Waals surface area contributed by atoms with Gasteiger partial charge in [-0.3, -0.25) is 0 Å². The van der Waals surface area contributed by atoms with Gasteiger partial charge in [-0.15, -0.1) is 0 Å². The first-order valence-corrected chi connectivity index (χ1v) is 8.91. The normalized spacial score (nSPS) is 13.7. The Bertz CT molecular complexity index is 447. The predicted molar refractivity (Wildman–Crippen MR) is 94.3 cm³/mol. The molecule has 1 rings (SSSR count). The topological polar surface area (TPSA) is 0 Å². The molecule has 2 heteroatoms. The maximum Gasteiger partial charge on any atom is 0.0308 e. The van der Waals surface area contributed by atoms with E-state index in [0.717, 1.165) is 0 Å². The largest absolute Gasteiger partial charge is 0.0561 e. The average Bonchev–Trinajstić information content (AvgIpc) is 2.23. The molecule has 1 aromatic carbocycles. The Labute approximate surface area is 134 Å². The van der Waals surface area contributed by atoms with Gasteiger partial charge in [0.05, 0.1) is 0 Å². The molecule has 0 aliphatic carbocycles. The molecule has 0 spiro atoms. The van der Waals surface area contributed by atoms with Crippen molar-refractivity contribution in [3.63, 3.8) is 0 Å². The lowest BCUT2D eigenvalue weighted by Crippen LogP contribution is -2.22. The summed E-state index contributed by atoms with van der Waals surface area (Å²) < 4.78 is 0. The van der Waals surface area contributed by atoms with Crippen LogP contribution in [0.5, 0.6) is 0 Å². The lowest BCUT2D eigenvalue weighted by atomic mass is 9.75. The molecule has 0 unspecified atom stereocenters. The van der Waals surface area contributed by atoms with Gasteiger partial charge in [0.25, 0.3) is 0 Å². The van der Waals surface area contributed by atoms with Crippen molar-refractivity contribution >= 4 is 21.7 Å². The molecule has 0 atom stereocenters. The summed E-state index contributed by atoms with van der Waals surface area (Å²) in [6.45, 7) is 20.4. The summed E-state index contributed by atoms with van der Waals surface area (Å²) >= 11 is 0. The first-order chi connectivity index (χ1) is 8.78. The van der Waals surface area contributed by atoms with Crippen LogP contribution in [0.3, 0.4) is 0 Å². The van der Waals surface area contributed by atoms with E-state index in [4.69, 9.17) is 10.7 Å². The Balaban J connectivity index is 3.75. The number of hydrogen-bond acceptors (Lipinski definition) is 1. The molecule has 0 nitrogen and oxygen atoms in total. The van der Waals surface area contributed by atoms with Crippen LogP contribution < -0.4 is 0 Å². The lowest BCUT2D eigenvalue weighted by Gasteiger charge is -2.32. The van der Waals surface area contributed by atoms with Crippen LogP contribution in [0, 0.1) is 0 Å². The molecule has 0 fully saturated rings. The van der Waals surface area contributed by atoms with Gasteiger partial charge in [-0.2, -0.15) is 0 Å². The smallest absolute Gasteiger partial charge is 0.0308 e. The molecule has 1 aromatic rings. The van der Waals surface area contributed by atoms with Crippen LogP contribution in [-0.2, 0) is 16.2 Å². The van der Waals surface area contributed by atoms with E-state index in [2.05, 4.69) is 74.4 Å². The number of halogens is 1. The minimum atomic E-state index is 0.0957. The second-order valence-electron chi connectivity index (χ2n) is 8.73. The van der Waals surface area contributed by atoms with E-state index in [1.807, 2.05) is 0 Å². The zero-order chi connectivity index (χ0) is 15.9. The third-order valence-electron chi connectivity index (χ3n) is 3.65. The molecule has 0 saturated heterocycles. The summed E-state index contributed by atoms with van der Waals surface area (Å²) in [4.78, 5) is 1.24. The maximum atomic E-state index is 6.23. The fourth-order valence-corrected chi connectivity index (χ4v) is 3.65. The standard InChI is InChI=1S/C18H29ClS/c1-16(2,3)12-10-13(17(4,5)6)15(20-19)14(11-12)18(7,8)9/h10-11H,1-9H3. The lowest BCUT2D eigenvalue weighted by molar-refractivity contribution is 0.531. The van der Waals surface area contributed by atoms with Crippen molar-refractivity contribution < 1.29 is 0 Å². The van der Waals surface area contributed by atoms with Crippen LogP contribution in [0.15, 0.2) is 17.0 Å². The molecule has 0 radical (unpaired) electrons. The van der Waals surface area contributed by atoms with Crippen molar-refractivity contribution in [2.45, 2.75) is 83.5 Å². The Hall–Kier alpha value is -0.140. The first kappa shape index (κ1) is 17.9. The van der Waals surface area contributed by atoms with Gasteiger partial charge < -0.3 is 0 Å². The minimum Gasteiger partial charge on any atom is -0.0561 e. The quantitative estimate of drug-likeness (QED) is 0.548. The number of benzene rings is 1. The molecule has 114 valence electrons. The third-order valence-corrected chi connectivity index (χ3v) is 4.71. The molecule has 0 heterocycles. The molecule has 0 aliphatic heterocycles. The van der Waals surface area contributed by atoms with Crippen LogP contribution in [0.4, 0.5) is 0 Å². The second-order valence-corrected chi connectivity index (χ2v) is 9.75. The van der Waals surface area contributed by atoms with Gasteiger partial charge in [0.2, 0.25) is 0 Å². The Morgan fingerprint density at radius 3 is 1.25 bits per heavy atom. The van der Waals surface area contributed by atoms with E-state index in [1.165, 1.54) is 32.6 Å². The maximum absolute atomic E-state index is 6.23. The highest BCUT2D eigenvalue weighted by Crippen LogP contribution is 2.43. The van der Waals surface area contributed by atoms with Crippen LogP contribution in [0.25, 0.3) is 0 Å². The average molecular weight is 313 g/mol. The van der Waals surface area contributed by atoms with Gasteiger partial charge in [-0.25, -0.2) is 0 Å². The predicted octanol–water partition coefficient (Wildman–Crippen LogP) is 6.83. The number of hydrogen-bond donors (Lipinski definition) is 0. The molecular formula is C18H29ClS. The van der Waals surface area contributed by atoms with E-state index in [9.17, 15) is 0 Å². The summed E-state index contributed by atoms with van der Waals surface area (Å²) in [5, 5.41) is 0. The van der Waals surface area contributed by atoms with Crippen LogP contribution in [-0.4, -0.2) is 0 Å². The van der Waals surface area contributed by atoms with Crippen LogP contribution in [0.2, 0.25) is 0 Å². The summed E-state index contributed by atoms with van der Waals surface area (Å²) in [5.41, 5.74) is 4.44. The number of rotatable bonds is 1. The van der Waals surface area contributed by atoms with Crippen molar-refractivity contribution in [1.29, 1.82) is 0 Å². The van der Waals surface area contributed by atoms with Crippen molar-refractivity contribution in [1.82, 2.24) is 0 Å². The molecule has 20 heavy (non-hydrogen) atoms.